The summed E-state index contributed by atoms with van der Waals surface area (Å²) in [5.41, 5.74) is 0.908. The van der Waals surface area contributed by atoms with Crippen LogP contribution in [0.2, 0.25) is 0 Å². The zero-order valence-corrected chi connectivity index (χ0v) is 14.7. The van der Waals surface area contributed by atoms with Crippen molar-refractivity contribution >= 4 is 29.6 Å². The van der Waals surface area contributed by atoms with Crippen LogP contribution < -0.4 is 14.8 Å². The van der Waals surface area contributed by atoms with E-state index in [2.05, 4.69) is 5.32 Å². The molecule has 0 bridgehead atoms. The Morgan fingerprint density at radius 2 is 1.88 bits per heavy atom. The zero-order valence-electron chi connectivity index (χ0n) is 13.9. The number of aldehydes is 1. The van der Waals surface area contributed by atoms with E-state index < -0.39 is 11.7 Å². The van der Waals surface area contributed by atoms with Gasteiger partial charge in [0.15, 0.2) is 18.1 Å². The standard InChI is InChI=1S/C18H17F2NO4S/c1-2-24-16-9-12(10-22)3-8-15(16)25-11-17(23)21-13-4-6-14(7-5-13)26-18(19)20/h3-10,18H,2,11H2,1H3,(H,21,23). The summed E-state index contributed by atoms with van der Waals surface area (Å²) in [5, 5.41) is 2.61. The number of rotatable bonds is 9. The lowest BCUT2D eigenvalue weighted by Crippen LogP contribution is -2.20. The minimum absolute atomic E-state index is 0.270. The second-order valence-electron chi connectivity index (χ2n) is 5.00. The maximum absolute atomic E-state index is 12.3. The summed E-state index contributed by atoms with van der Waals surface area (Å²) in [6.07, 6.45) is 0.689. The van der Waals surface area contributed by atoms with Crippen molar-refractivity contribution in [2.24, 2.45) is 0 Å². The summed E-state index contributed by atoms with van der Waals surface area (Å²) >= 11 is 0.433. The van der Waals surface area contributed by atoms with Gasteiger partial charge in [-0.15, -0.1) is 0 Å². The predicted octanol–water partition coefficient (Wildman–Crippen LogP) is 4.23. The van der Waals surface area contributed by atoms with Crippen LogP contribution in [0.5, 0.6) is 11.5 Å². The number of hydrogen-bond acceptors (Lipinski definition) is 5. The van der Waals surface area contributed by atoms with Crippen LogP contribution in [0.1, 0.15) is 17.3 Å². The van der Waals surface area contributed by atoms with Crippen LogP contribution in [-0.2, 0) is 4.79 Å². The number of ether oxygens (including phenoxy) is 2. The Morgan fingerprint density at radius 3 is 2.50 bits per heavy atom. The molecule has 0 aliphatic heterocycles. The molecular formula is C18H17F2NO4S. The highest BCUT2D eigenvalue weighted by Crippen LogP contribution is 2.28. The molecule has 0 saturated heterocycles. The summed E-state index contributed by atoms with van der Waals surface area (Å²) in [7, 11) is 0. The van der Waals surface area contributed by atoms with E-state index >= 15 is 0 Å². The van der Waals surface area contributed by atoms with Gasteiger partial charge in [0.05, 0.1) is 6.61 Å². The molecule has 138 valence electrons. The van der Waals surface area contributed by atoms with Crippen LogP contribution in [0.3, 0.4) is 0 Å². The van der Waals surface area contributed by atoms with Crippen molar-refractivity contribution in [3.05, 3.63) is 48.0 Å². The van der Waals surface area contributed by atoms with Gasteiger partial charge < -0.3 is 14.8 Å². The molecule has 0 atom stereocenters. The number of alkyl halides is 2. The monoisotopic (exact) mass is 381 g/mol. The lowest BCUT2D eigenvalue weighted by molar-refractivity contribution is -0.118. The summed E-state index contributed by atoms with van der Waals surface area (Å²) in [4.78, 5) is 23.2. The van der Waals surface area contributed by atoms with Crippen molar-refractivity contribution in [2.45, 2.75) is 17.6 Å². The summed E-state index contributed by atoms with van der Waals surface area (Å²) in [5.74, 6) is -2.19. The average molecular weight is 381 g/mol. The van der Waals surface area contributed by atoms with E-state index in [-0.39, 0.29) is 6.61 Å². The Labute approximate surface area is 153 Å². The molecule has 0 radical (unpaired) electrons. The normalized spacial score (nSPS) is 10.5. The number of anilines is 1. The van der Waals surface area contributed by atoms with Crippen molar-refractivity contribution in [1.29, 1.82) is 0 Å². The summed E-state index contributed by atoms with van der Waals surface area (Å²) in [6.45, 7) is 1.90. The quantitative estimate of drug-likeness (QED) is 0.520. The molecule has 26 heavy (non-hydrogen) atoms. The lowest BCUT2D eigenvalue weighted by atomic mass is 10.2. The fraction of sp³-hybridized carbons (Fsp3) is 0.222. The number of nitrogens with one attached hydrogen (secondary N) is 1. The number of carbonyl (C=O) groups excluding carboxylic acids is 2. The highest BCUT2D eigenvalue weighted by atomic mass is 32.2. The third-order valence-corrected chi connectivity index (χ3v) is 3.85. The molecule has 0 saturated carbocycles. The summed E-state index contributed by atoms with van der Waals surface area (Å²) < 4.78 is 35.4. The van der Waals surface area contributed by atoms with Crippen molar-refractivity contribution < 1.29 is 27.8 Å². The second-order valence-corrected chi connectivity index (χ2v) is 6.06. The van der Waals surface area contributed by atoms with Gasteiger partial charge in [-0.3, -0.25) is 9.59 Å². The first kappa shape index (κ1) is 19.7. The first-order valence-electron chi connectivity index (χ1n) is 7.71. The van der Waals surface area contributed by atoms with E-state index in [1.807, 2.05) is 0 Å². The molecule has 2 aromatic carbocycles. The van der Waals surface area contributed by atoms with Crippen LogP contribution in [0.15, 0.2) is 47.4 Å². The third kappa shape index (κ3) is 6.03. The fourth-order valence-corrected chi connectivity index (χ4v) is 2.54. The molecular weight excluding hydrogens is 364 g/mol. The van der Waals surface area contributed by atoms with Crippen LogP contribution in [0.25, 0.3) is 0 Å². The SMILES string of the molecule is CCOc1cc(C=O)ccc1OCC(=O)Nc1ccc(SC(F)F)cc1. The number of halogens is 2. The van der Waals surface area contributed by atoms with E-state index in [0.717, 1.165) is 0 Å². The third-order valence-electron chi connectivity index (χ3n) is 3.13. The van der Waals surface area contributed by atoms with Gasteiger partial charge in [0.1, 0.15) is 6.29 Å². The molecule has 0 aliphatic carbocycles. The molecule has 0 aromatic heterocycles. The number of amides is 1. The van der Waals surface area contributed by atoms with Crippen LogP contribution in [-0.4, -0.2) is 31.2 Å². The number of benzene rings is 2. The molecule has 2 rings (SSSR count). The predicted molar refractivity (Wildman–Crippen MR) is 95.4 cm³/mol. The molecule has 2 aromatic rings. The van der Waals surface area contributed by atoms with E-state index in [1.54, 1.807) is 19.1 Å². The highest BCUT2D eigenvalue weighted by Gasteiger charge is 2.10. The maximum Gasteiger partial charge on any atom is 0.288 e. The van der Waals surface area contributed by atoms with E-state index in [9.17, 15) is 18.4 Å². The average Bonchev–Trinajstić information content (AvgIpc) is 2.62. The van der Waals surface area contributed by atoms with Gasteiger partial charge >= 0.3 is 0 Å². The Morgan fingerprint density at radius 1 is 1.15 bits per heavy atom. The molecule has 0 spiro atoms. The maximum atomic E-state index is 12.3. The molecule has 0 aliphatic rings. The Kier molecular flexibility index (Phi) is 7.40. The molecule has 0 heterocycles. The smallest absolute Gasteiger partial charge is 0.288 e. The molecule has 0 fully saturated rings. The Hall–Kier alpha value is -2.61. The van der Waals surface area contributed by atoms with Crippen molar-refractivity contribution in [3.63, 3.8) is 0 Å². The Bertz CT molecular complexity index is 753. The van der Waals surface area contributed by atoms with E-state index in [1.165, 1.54) is 30.3 Å². The van der Waals surface area contributed by atoms with Crippen LogP contribution in [0.4, 0.5) is 14.5 Å². The van der Waals surface area contributed by atoms with Crippen LogP contribution >= 0.6 is 11.8 Å². The topological polar surface area (TPSA) is 64.6 Å². The largest absolute Gasteiger partial charge is 0.490 e. The Balaban J connectivity index is 1.93. The summed E-state index contributed by atoms with van der Waals surface area (Å²) in [6, 6.07) is 10.7. The van der Waals surface area contributed by atoms with Gasteiger partial charge in [-0.2, -0.15) is 8.78 Å². The number of hydrogen-bond donors (Lipinski definition) is 1. The molecule has 0 unspecified atom stereocenters. The minimum atomic E-state index is -2.49. The number of carbonyl (C=O) groups is 2. The minimum Gasteiger partial charge on any atom is -0.490 e. The molecule has 5 nitrogen and oxygen atoms in total. The van der Waals surface area contributed by atoms with E-state index in [4.69, 9.17) is 9.47 Å². The van der Waals surface area contributed by atoms with Gasteiger partial charge in [-0.1, -0.05) is 11.8 Å². The number of thioether (sulfide) groups is 1. The molecule has 1 amide bonds. The molecule has 8 heteroatoms. The lowest BCUT2D eigenvalue weighted by Gasteiger charge is -2.12. The van der Waals surface area contributed by atoms with Gasteiger partial charge in [0.2, 0.25) is 0 Å². The van der Waals surface area contributed by atoms with E-state index in [0.29, 0.717) is 52.3 Å². The second kappa shape index (κ2) is 9.76. The van der Waals surface area contributed by atoms with Crippen molar-refractivity contribution in [1.82, 2.24) is 0 Å². The zero-order chi connectivity index (χ0) is 18.9. The van der Waals surface area contributed by atoms with Crippen molar-refractivity contribution in [2.75, 3.05) is 18.5 Å². The van der Waals surface area contributed by atoms with Gasteiger partial charge in [0.25, 0.3) is 11.7 Å². The highest BCUT2D eigenvalue weighted by molar-refractivity contribution is 7.99. The first-order chi connectivity index (χ1) is 12.5. The fourth-order valence-electron chi connectivity index (χ4n) is 2.05. The molecule has 1 N–H and O–H groups in total. The van der Waals surface area contributed by atoms with Crippen LogP contribution in [0, 0.1) is 0 Å². The first-order valence-corrected chi connectivity index (χ1v) is 8.59. The van der Waals surface area contributed by atoms with Gasteiger partial charge in [-0.25, -0.2) is 0 Å². The van der Waals surface area contributed by atoms with Gasteiger partial charge in [0, 0.05) is 16.1 Å². The van der Waals surface area contributed by atoms with Gasteiger partial charge in [-0.05, 0) is 49.4 Å². The van der Waals surface area contributed by atoms with Crippen molar-refractivity contribution in [3.8, 4) is 11.5 Å².